The van der Waals surface area contributed by atoms with Crippen LogP contribution in [-0.4, -0.2) is 30.1 Å². The summed E-state index contributed by atoms with van der Waals surface area (Å²) >= 11 is 0. The molecule has 31 heavy (non-hydrogen) atoms. The molecule has 0 aliphatic carbocycles. The second kappa shape index (κ2) is 6.77. The number of nitrogens with one attached hydrogen (secondary N) is 2. The average Bonchev–Trinajstić information content (AvgIpc) is 3.43. The Kier molecular flexibility index (Phi) is 3.79. The van der Waals surface area contributed by atoms with Crippen LogP contribution in [0.25, 0.3) is 55.8 Å². The molecule has 0 saturated carbocycles. The highest BCUT2D eigenvalue weighted by molar-refractivity contribution is 5.97. The molecular weight excluding hydrogens is 386 g/mol. The van der Waals surface area contributed by atoms with Crippen LogP contribution in [0.3, 0.4) is 0 Å². The summed E-state index contributed by atoms with van der Waals surface area (Å²) in [4.78, 5) is 16.9. The number of anilines is 1. The average molecular weight is 403 g/mol. The van der Waals surface area contributed by atoms with Gasteiger partial charge in [-0.05, 0) is 35.4 Å². The summed E-state index contributed by atoms with van der Waals surface area (Å²) in [5.41, 5.74) is 13.8. The van der Waals surface area contributed by atoms with Gasteiger partial charge >= 0.3 is 0 Å². The van der Waals surface area contributed by atoms with Crippen molar-refractivity contribution in [3.05, 3.63) is 79.3 Å². The van der Waals surface area contributed by atoms with E-state index in [4.69, 9.17) is 10.7 Å². The monoisotopic (exact) mass is 403 g/mol. The minimum absolute atomic E-state index is 0.627. The first-order chi connectivity index (χ1) is 15.3. The van der Waals surface area contributed by atoms with Gasteiger partial charge in [-0.3, -0.25) is 10.1 Å². The lowest BCUT2D eigenvalue weighted by atomic mass is 10.0. The van der Waals surface area contributed by atoms with Crippen molar-refractivity contribution >= 4 is 27.8 Å². The van der Waals surface area contributed by atoms with E-state index in [9.17, 15) is 0 Å². The van der Waals surface area contributed by atoms with Gasteiger partial charge in [0.05, 0.1) is 11.2 Å². The van der Waals surface area contributed by atoms with Crippen LogP contribution in [0.15, 0.2) is 79.3 Å². The number of rotatable bonds is 3. The molecule has 7 nitrogen and oxygen atoms in total. The van der Waals surface area contributed by atoms with E-state index in [-0.39, 0.29) is 0 Å². The molecule has 0 spiro atoms. The Balaban J connectivity index is 1.51. The highest BCUT2D eigenvalue weighted by Gasteiger charge is 2.16. The summed E-state index contributed by atoms with van der Waals surface area (Å²) in [5, 5.41) is 8.58. The van der Waals surface area contributed by atoms with Gasteiger partial charge in [-0.1, -0.05) is 36.4 Å². The lowest BCUT2D eigenvalue weighted by molar-refractivity contribution is 1.10. The van der Waals surface area contributed by atoms with Gasteiger partial charge in [0, 0.05) is 35.1 Å². The van der Waals surface area contributed by atoms with E-state index in [1.165, 1.54) is 0 Å². The molecule has 148 valence electrons. The van der Waals surface area contributed by atoms with E-state index in [0.29, 0.717) is 11.5 Å². The van der Waals surface area contributed by atoms with Gasteiger partial charge in [-0.15, -0.1) is 0 Å². The van der Waals surface area contributed by atoms with Gasteiger partial charge < -0.3 is 10.7 Å². The Bertz CT molecular complexity index is 1550. The lowest BCUT2D eigenvalue weighted by Crippen LogP contribution is -1.88. The Labute approximate surface area is 177 Å². The zero-order valence-corrected chi connectivity index (χ0v) is 16.4. The van der Waals surface area contributed by atoms with Crippen LogP contribution in [0.1, 0.15) is 0 Å². The third-order valence-corrected chi connectivity index (χ3v) is 5.35. The minimum Gasteiger partial charge on any atom is -0.397 e. The fourth-order valence-electron chi connectivity index (χ4n) is 3.86. The number of hydrogen-bond donors (Lipinski definition) is 3. The number of pyridine rings is 2. The van der Waals surface area contributed by atoms with Crippen molar-refractivity contribution in [1.29, 1.82) is 0 Å². The van der Waals surface area contributed by atoms with Gasteiger partial charge in [-0.2, -0.15) is 5.10 Å². The Morgan fingerprint density at radius 2 is 1.74 bits per heavy atom. The van der Waals surface area contributed by atoms with Crippen LogP contribution in [0.2, 0.25) is 0 Å². The number of benzene rings is 2. The summed E-state index contributed by atoms with van der Waals surface area (Å²) in [6, 6.07) is 20.2. The van der Waals surface area contributed by atoms with Gasteiger partial charge in [0.25, 0.3) is 0 Å². The summed E-state index contributed by atoms with van der Waals surface area (Å²) < 4.78 is 0. The molecule has 4 heterocycles. The standard InChI is InChI=1S/C24H17N7/c25-17-10-16(12-26-13-17)15-6-7-20-19(11-15)22(31-30-20)24-28-21-18(8-9-27-23(21)29-24)14-4-2-1-3-5-14/h1-13H,25H2,(H,30,31)(H,27,28,29). The number of imidazole rings is 1. The highest BCUT2D eigenvalue weighted by Crippen LogP contribution is 2.32. The quantitative estimate of drug-likeness (QED) is 0.393. The number of H-pyrrole nitrogens is 2. The van der Waals surface area contributed by atoms with Crippen molar-refractivity contribution in [3.63, 3.8) is 0 Å². The molecule has 0 bridgehead atoms. The molecule has 6 aromatic rings. The third kappa shape index (κ3) is 2.91. The van der Waals surface area contributed by atoms with Crippen LogP contribution in [-0.2, 0) is 0 Å². The molecule has 4 aromatic heterocycles. The number of hydrogen-bond acceptors (Lipinski definition) is 5. The number of nitrogens with zero attached hydrogens (tertiary/aromatic N) is 4. The van der Waals surface area contributed by atoms with Crippen LogP contribution in [0, 0.1) is 0 Å². The van der Waals surface area contributed by atoms with Crippen molar-refractivity contribution in [1.82, 2.24) is 30.1 Å². The predicted octanol–water partition coefficient (Wildman–Crippen LogP) is 4.81. The molecule has 6 rings (SSSR count). The SMILES string of the molecule is Nc1cncc(-c2ccc3[nH]nc(-c4nc5c(-c6ccccc6)ccnc5[nH]4)c3c2)c1. The number of nitrogens with two attached hydrogens (primary N) is 1. The van der Waals surface area contributed by atoms with Crippen LogP contribution in [0.4, 0.5) is 5.69 Å². The molecule has 0 amide bonds. The Hall–Kier alpha value is -4.52. The number of nitrogen functional groups attached to an aromatic ring is 1. The molecule has 0 aliphatic rings. The number of aromatic nitrogens is 6. The van der Waals surface area contributed by atoms with E-state index in [1.807, 2.05) is 42.5 Å². The van der Waals surface area contributed by atoms with Crippen molar-refractivity contribution in [3.8, 4) is 33.8 Å². The maximum atomic E-state index is 5.91. The van der Waals surface area contributed by atoms with Crippen LogP contribution >= 0.6 is 0 Å². The van der Waals surface area contributed by atoms with Gasteiger partial charge in [-0.25, -0.2) is 9.97 Å². The minimum atomic E-state index is 0.627. The molecule has 4 N–H and O–H groups in total. The molecule has 0 unspecified atom stereocenters. The summed E-state index contributed by atoms with van der Waals surface area (Å²) in [6.07, 6.45) is 5.23. The van der Waals surface area contributed by atoms with E-state index in [1.54, 1.807) is 18.6 Å². The number of aromatic amines is 2. The fraction of sp³-hybridized carbons (Fsp3) is 0. The molecule has 0 radical (unpaired) electrons. The zero-order chi connectivity index (χ0) is 20.8. The molecule has 2 aromatic carbocycles. The maximum absolute atomic E-state index is 5.91. The van der Waals surface area contributed by atoms with E-state index >= 15 is 0 Å². The van der Waals surface area contributed by atoms with E-state index in [0.717, 1.165) is 50.0 Å². The van der Waals surface area contributed by atoms with Crippen LogP contribution < -0.4 is 5.73 Å². The first kappa shape index (κ1) is 17.3. The Morgan fingerprint density at radius 1 is 0.839 bits per heavy atom. The zero-order valence-electron chi connectivity index (χ0n) is 16.4. The highest BCUT2D eigenvalue weighted by atomic mass is 15.1. The lowest BCUT2D eigenvalue weighted by Gasteiger charge is -2.03. The molecule has 0 atom stereocenters. The van der Waals surface area contributed by atoms with Crippen molar-refractivity contribution in [2.45, 2.75) is 0 Å². The molecule has 7 heteroatoms. The second-order valence-corrected chi connectivity index (χ2v) is 7.35. The van der Waals surface area contributed by atoms with Gasteiger partial charge in [0.15, 0.2) is 11.5 Å². The van der Waals surface area contributed by atoms with Crippen molar-refractivity contribution in [2.75, 3.05) is 5.73 Å². The predicted molar refractivity (Wildman–Crippen MR) is 122 cm³/mol. The van der Waals surface area contributed by atoms with E-state index < -0.39 is 0 Å². The molecular formula is C24H17N7. The Morgan fingerprint density at radius 3 is 2.61 bits per heavy atom. The van der Waals surface area contributed by atoms with E-state index in [2.05, 4.69) is 43.3 Å². The van der Waals surface area contributed by atoms with Crippen molar-refractivity contribution < 1.29 is 0 Å². The second-order valence-electron chi connectivity index (χ2n) is 7.35. The largest absolute Gasteiger partial charge is 0.397 e. The summed E-state index contributed by atoms with van der Waals surface area (Å²) in [5.74, 6) is 0.667. The smallest absolute Gasteiger partial charge is 0.160 e. The molecule has 0 fully saturated rings. The first-order valence-electron chi connectivity index (χ1n) is 9.86. The van der Waals surface area contributed by atoms with Gasteiger partial charge in [0.2, 0.25) is 0 Å². The maximum Gasteiger partial charge on any atom is 0.160 e. The third-order valence-electron chi connectivity index (χ3n) is 5.35. The van der Waals surface area contributed by atoms with Gasteiger partial charge in [0.1, 0.15) is 11.2 Å². The molecule has 0 saturated heterocycles. The topological polar surface area (TPSA) is 109 Å². The first-order valence-corrected chi connectivity index (χ1v) is 9.86. The fourth-order valence-corrected chi connectivity index (χ4v) is 3.86. The van der Waals surface area contributed by atoms with Crippen molar-refractivity contribution in [2.24, 2.45) is 0 Å². The molecule has 0 aliphatic heterocycles. The van der Waals surface area contributed by atoms with Crippen LogP contribution in [0.5, 0.6) is 0 Å². The number of fused-ring (bicyclic) bond motifs is 2. The normalized spacial score (nSPS) is 11.4. The summed E-state index contributed by atoms with van der Waals surface area (Å²) in [7, 11) is 0. The summed E-state index contributed by atoms with van der Waals surface area (Å²) in [6.45, 7) is 0.